The number of rotatable bonds is 8. The largest absolute Gasteiger partial charge is 0.480 e. The second kappa shape index (κ2) is 8.49. The van der Waals surface area contributed by atoms with Crippen molar-refractivity contribution in [1.82, 2.24) is 10.6 Å². The van der Waals surface area contributed by atoms with Crippen LogP contribution in [0.15, 0.2) is 0 Å². The first-order valence-corrected chi connectivity index (χ1v) is 6.44. The molecule has 8 nitrogen and oxygen atoms in total. The number of carboxylic acid groups (broad SMARTS) is 1. The molecule has 0 heterocycles. The summed E-state index contributed by atoms with van der Waals surface area (Å²) in [5, 5.41) is 22.0. The number of nitrogens with one attached hydrogen (secondary N) is 2. The highest BCUT2D eigenvalue weighted by Gasteiger charge is 2.26. The highest BCUT2D eigenvalue weighted by molar-refractivity contribution is 5.91. The molecule has 0 rings (SSSR count). The van der Waals surface area contributed by atoms with E-state index in [-0.39, 0.29) is 5.92 Å². The van der Waals surface area contributed by atoms with Crippen LogP contribution in [0.1, 0.15) is 27.2 Å². The molecule has 0 spiro atoms. The molecule has 0 aromatic carbocycles. The van der Waals surface area contributed by atoms with Gasteiger partial charge in [-0.15, -0.1) is 0 Å². The van der Waals surface area contributed by atoms with Crippen LogP contribution < -0.4 is 16.4 Å². The van der Waals surface area contributed by atoms with Crippen LogP contribution in [0, 0.1) is 5.92 Å². The first-order chi connectivity index (χ1) is 9.24. The topological polar surface area (TPSA) is 142 Å². The summed E-state index contributed by atoms with van der Waals surface area (Å²) in [7, 11) is 0. The van der Waals surface area contributed by atoms with Gasteiger partial charge in [0.25, 0.3) is 0 Å². The fourth-order valence-corrected chi connectivity index (χ4v) is 1.37. The highest BCUT2D eigenvalue weighted by atomic mass is 16.4. The van der Waals surface area contributed by atoms with Crippen molar-refractivity contribution in [2.75, 3.05) is 6.61 Å². The maximum absolute atomic E-state index is 11.8. The zero-order valence-corrected chi connectivity index (χ0v) is 11.9. The summed E-state index contributed by atoms with van der Waals surface area (Å²) in [5.41, 5.74) is 5.72. The van der Waals surface area contributed by atoms with Crippen molar-refractivity contribution >= 4 is 17.8 Å². The summed E-state index contributed by atoms with van der Waals surface area (Å²) in [5.74, 6) is -2.56. The lowest BCUT2D eigenvalue weighted by Gasteiger charge is -2.21. The number of hydrogen-bond acceptors (Lipinski definition) is 5. The van der Waals surface area contributed by atoms with E-state index in [0.29, 0.717) is 0 Å². The second-order valence-electron chi connectivity index (χ2n) is 4.72. The fourth-order valence-electron chi connectivity index (χ4n) is 1.37. The van der Waals surface area contributed by atoms with Gasteiger partial charge in [0.05, 0.1) is 12.6 Å². The van der Waals surface area contributed by atoms with E-state index >= 15 is 0 Å². The van der Waals surface area contributed by atoms with Gasteiger partial charge in [-0.2, -0.15) is 0 Å². The van der Waals surface area contributed by atoms with Crippen molar-refractivity contribution in [3.05, 3.63) is 0 Å². The van der Waals surface area contributed by atoms with Crippen LogP contribution in [-0.4, -0.2) is 52.7 Å². The van der Waals surface area contributed by atoms with E-state index in [1.54, 1.807) is 0 Å². The minimum atomic E-state index is -1.40. The van der Waals surface area contributed by atoms with E-state index < -0.39 is 42.5 Å². The Morgan fingerprint density at radius 1 is 1.15 bits per heavy atom. The van der Waals surface area contributed by atoms with Gasteiger partial charge in [-0.05, 0) is 12.8 Å². The van der Waals surface area contributed by atoms with Gasteiger partial charge < -0.3 is 26.6 Å². The lowest BCUT2D eigenvalue weighted by atomic mass is 9.99. The minimum absolute atomic E-state index is 0.0329. The lowest BCUT2D eigenvalue weighted by molar-refractivity contribution is -0.143. The highest BCUT2D eigenvalue weighted by Crippen LogP contribution is 2.05. The molecule has 0 aliphatic rings. The third-order valence-electron chi connectivity index (χ3n) is 3.11. The average molecular weight is 289 g/mol. The molecule has 0 radical (unpaired) electrons. The van der Waals surface area contributed by atoms with Crippen molar-refractivity contribution in [2.45, 2.75) is 45.3 Å². The van der Waals surface area contributed by atoms with Gasteiger partial charge in [0.2, 0.25) is 11.8 Å². The summed E-state index contributed by atoms with van der Waals surface area (Å²) in [4.78, 5) is 34.1. The number of carboxylic acids is 1. The van der Waals surface area contributed by atoms with Crippen LogP contribution in [0.2, 0.25) is 0 Å². The molecular formula is C12H23N3O5. The third kappa shape index (κ3) is 5.54. The van der Waals surface area contributed by atoms with Gasteiger partial charge in [-0.1, -0.05) is 20.3 Å². The SMILES string of the molecule is CC[C@H](C)[C@H](N)C(=O)N[C@@H](C)C(=O)N[C@@H](CO)C(=O)O. The maximum Gasteiger partial charge on any atom is 0.328 e. The van der Waals surface area contributed by atoms with Gasteiger partial charge in [-0.3, -0.25) is 9.59 Å². The Balaban J connectivity index is 4.46. The van der Waals surface area contributed by atoms with Gasteiger partial charge in [0, 0.05) is 0 Å². The van der Waals surface area contributed by atoms with E-state index in [4.69, 9.17) is 15.9 Å². The molecular weight excluding hydrogens is 266 g/mol. The van der Waals surface area contributed by atoms with Crippen molar-refractivity contribution < 1.29 is 24.6 Å². The number of aliphatic hydroxyl groups is 1. The Hall–Kier alpha value is -1.67. The van der Waals surface area contributed by atoms with E-state index in [9.17, 15) is 14.4 Å². The lowest BCUT2D eigenvalue weighted by Crippen LogP contribution is -2.55. The zero-order chi connectivity index (χ0) is 15.9. The molecule has 0 bridgehead atoms. The number of hydrogen-bond donors (Lipinski definition) is 5. The smallest absolute Gasteiger partial charge is 0.328 e. The summed E-state index contributed by atoms with van der Waals surface area (Å²) in [6.07, 6.45) is 0.723. The van der Waals surface area contributed by atoms with Gasteiger partial charge in [0.15, 0.2) is 0 Å². The summed E-state index contributed by atoms with van der Waals surface area (Å²) < 4.78 is 0. The quantitative estimate of drug-likeness (QED) is 0.365. The molecule has 0 saturated carbocycles. The molecule has 0 aliphatic heterocycles. The Labute approximate surface area is 117 Å². The maximum atomic E-state index is 11.8. The normalized spacial score (nSPS) is 16.6. The van der Waals surface area contributed by atoms with Gasteiger partial charge in [0.1, 0.15) is 12.1 Å². The first kappa shape index (κ1) is 18.3. The van der Waals surface area contributed by atoms with Crippen molar-refractivity contribution in [1.29, 1.82) is 0 Å². The zero-order valence-electron chi connectivity index (χ0n) is 11.9. The van der Waals surface area contributed by atoms with Crippen molar-refractivity contribution in [2.24, 2.45) is 11.7 Å². The van der Waals surface area contributed by atoms with E-state index in [1.165, 1.54) is 6.92 Å². The van der Waals surface area contributed by atoms with Crippen LogP contribution in [0.4, 0.5) is 0 Å². The minimum Gasteiger partial charge on any atom is -0.480 e. The van der Waals surface area contributed by atoms with E-state index in [0.717, 1.165) is 6.42 Å². The fraction of sp³-hybridized carbons (Fsp3) is 0.750. The Morgan fingerprint density at radius 3 is 2.10 bits per heavy atom. The second-order valence-corrected chi connectivity index (χ2v) is 4.72. The molecule has 2 amide bonds. The average Bonchev–Trinajstić information content (AvgIpc) is 2.41. The Kier molecular flexibility index (Phi) is 7.78. The summed E-state index contributed by atoms with van der Waals surface area (Å²) in [6, 6.07) is -3.07. The van der Waals surface area contributed by atoms with Crippen LogP contribution in [0.3, 0.4) is 0 Å². The number of aliphatic hydroxyl groups excluding tert-OH is 1. The summed E-state index contributed by atoms with van der Waals surface area (Å²) >= 11 is 0. The van der Waals surface area contributed by atoms with Crippen LogP contribution >= 0.6 is 0 Å². The van der Waals surface area contributed by atoms with Crippen LogP contribution in [-0.2, 0) is 14.4 Å². The standard InChI is InChI=1S/C12H23N3O5/c1-4-6(2)9(13)11(18)14-7(3)10(17)15-8(5-16)12(19)20/h6-9,16H,4-5,13H2,1-3H3,(H,14,18)(H,15,17)(H,19,20)/t6-,7-,8-,9-/m0/s1. The number of aliphatic carboxylic acids is 1. The predicted octanol–water partition coefficient (Wildman–Crippen LogP) is -1.57. The molecule has 116 valence electrons. The molecule has 0 unspecified atom stereocenters. The van der Waals surface area contributed by atoms with Crippen molar-refractivity contribution in [3.8, 4) is 0 Å². The Morgan fingerprint density at radius 2 is 1.70 bits per heavy atom. The van der Waals surface area contributed by atoms with Gasteiger partial charge >= 0.3 is 5.97 Å². The van der Waals surface area contributed by atoms with E-state index in [1.807, 2.05) is 13.8 Å². The summed E-state index contributed by atoms with van der Waals surface area (Å²) in [6.45, 7) is 4.40. The molecule has 0 fully saturated rings. The van der Waals surface area contributed by atoms with Crippen molar-refractivity contribution in [3.63, 3.8) is 0 Å². The van der Waals surface area contributed by atoms with Crippen LogP contribution in [0.25, 0.3) is 0 Å². The predicted molar refractivity (Wildman–Crippen MR) is 71.7 cm³/mol. The van der Waals surface area contributed by atoms with E-state index in [2.05, 4.69) is 10.6 Å². The molecule has 0 saturated heterocycles. The first-order valence-electron chi connectivity index (χ1n) is 6.44. The third-order valence-corrected chi connectivity index (χ3v) is 3.11. The number of amides is 2. The molecule has 8 heteroatoms. The molecule has 20 heavy (non-hydrogen) atoms. The molecule has 6 N–H and O–H groups in total. The molecule has 0 aliphatic carbocycles. The molecule has 4 atom stereocenters. The number of nitrogens with two attached hydrogens (primary N) is 1. The number of carbonyl (C=O) groups is 3. The van der Waals surface area contributed by atoms with Crippen LogP contribution in [0.5, 0.6) is 0 Å². The monoisotopic (exact) mass is 289 g/mol. The molecule has 0 aromatic heterocycles. The van der Waals surface area contributed by atoms with Gasteiger partial charge in [-0.25, -0.2) is 4.79 Å². The molecule has 0 aromatic rings. The Bertz CT molecular complexity index is 361. The number of carbonyl (C=O) groups excluding carboxylic acids is 2.